The van der Waals surface area contributed by atoms with Crippen LogP contribution < -0.4 is 10.6 Å². The summed E-state index contributed by atoms with van der Waals surface area (Å²) in [4.78, 5) is 39.0. The van der Waals surface area contributed by atoms with Crippen LogP contribution in [0.4, 0.5) is 0 Å². The molecule has 0 bridgehead atoms. The van der Waals surface area contributed by atoms with E-state index in [1.807, 2.05) is 0 Å². The molecule has 2 N–H and O–H groups in total. The Morgan fingerprint density at radius 3 is 2.50 bits per heavy atom. The van der Waals surface area contributed by atoms with E-state index in [1.54, 1.807) is 0 Å². The van der Waals surface area contributed by atoms with Gasteiger partial charge in [-0.05, 0) is 32.0 Å². The molecule has 122 valence electrons. The number of nitrogens with zero attached hydrogens (tertiary/aromatic N) is 1. The number of carbonyl (C=O) groups is 3. The molecule has 2 aliphatic rings. The van der Waals surface area contributed by atoms with E-state index in [0.717, 1.165) is 19.3 Å². The van der Waals surface area contributed by atoms with Crippen LogP contribution in [0.5, 0.6) is 0 Å². The third kappa shape index (κ3) is 4.40. The number of hydroxylamine groups is 2. The molecule has 22 heavy (non-hydrogen) atoms. The van der Waals surface area contributed by atoms with Gasteiger partial charge in [0.25, 0.3) is 11.8 Å². The summed E-state index contributed by atoms with van der Waals surface area (Å²) >= 11 is 5.05. The highest BCUT2D eigenvalue weighted by Gasteiger charge is 2.32. The van der Waals surface area contributed by atoms with Gasteiger partial charge in [0.15, 0.2) is 5.11 Å². The second kappa shape index (κ2) is 7.53. The lowest BCUT2D eigenvalue weighted by Crippen LogP contribution is -2.32. The van der Waals surface area contributed by atoms with Gasteiger partial charge < -0.3 is 15.5 Å². The van der Waals surface area contributed by atoms with Crippen molar-refractivity contribution in [3.63, 3.8) is 0 Å². The van der Waals surface area contributed by atoms with Gasteiger partial charge in [-0.3, -0.25) is 9.59 Å². The topological polar surface area (TPSA) is 87.7 Å². The summed E-state index contributed by atoms with van der Waals surface area (Å²) in [5.74, 6) is -1.41. The summed E-state index contributed by atoms with van der Waals surface area (Å²) < 4.78 is 0. The van der Waals surface area contributed by atoms with E-state index in [9.17, 15) is 14.4 Å². The Bertz CT molecular complexity index is 467. The van der Waals surface area contributed by atoms with Crippen LogP contribution in [-0.4, -0.2) is 40.0 Å². The van der Waals surface area contributed by atoms with Crippen LogP contribution in [0.25, 0.3) is 0 Å². The van der Waals surface area contributed by atoms with Crippen LogP contribution in [0, 0.1) is 0 Å². The molecule has 0 unspecified atom stereocenters. The third-order valence-electron chi connectivity index (χ3n) is 3.87. The first-order chi connectivity index (χ1) is 10.5. The van der Waals surface area contributed by atoms with Gasteiger partial charge in [-0.1, -0.05) is 12.8 Å². The van der Waals surface area contributed by atoms with Crippen LogP contribution in [-0.2, 0) is 19.2 Å². The van der Waals surface area contributed by atoms with E-state index in [0.29, 0.717) is 28.7 Å². The molecule has 0 aromatic carbocycles. The predicted octanol–water partition coefficient (Wildman–Crippen LogP) is 0.779. The zero-order valence-electron chi connectivity index (χ0n) is 12.6. The van der Waals surface area contributed by atoms with Crippen LogP contribution >= 0.6 is 12.2 Å². The molecule has 7 nitrogen and oxygen atoms in total. The van der Waals surface area contributed by atoms with Gasteiger partial charge >= 0.3 is 5.97 Å². The first-order valence-electron chi connectivity index (χ1n) is 7.61. The van der Waals surface area contributed by atoms with E-state index in [4.69, 9.17) is 17.1 Å². The molecule has 2 heterocycles. The Hall–Kier alpha value is -1.70. The smallest absolute Gasteiger partial charge is 0.333 e. The molecule has 2 saturated heterocycles. The Labute approximate surface area is 134 Å². The van der Waals surface area contributed by atoms with E-state index in [-0.39, 0.29) is 19.3 Å². The lowest BCUT2D eigenvalue weighted by atomic mass is 10.0. The largest absolute Gasteiger partial charge is 0.358 e. The highest BCUT2D eigenvalue weighted by atomic mass is 32.1. The number of carbonyl (C=O) groups excluding carboxylic acids is 3. The summed E-state index contributed by atoms with van der Waals surface area (Å²) in [5, 5.41) is 7.65. The Kier molecular flexibility index (Phi) is 5.70. The van der Waals surface area contributed by atoms with Crippen LogP contribution in [0.15, 0.2) is 0 Å². The average Bonchev–Trinajstić information content (AvgIpc) is 2.94. The van der Waals surface area contributed by atoms with Crippen molar-refractivity contribution < 1.29 is 19.2 Å². The standard InChI is InChI=1S/C14H21N3O4S/c1-9-10(16-14(22)15-9)5-3-2-4-6-13(20)21-17-11(18)7-8-12(17)19/h9-10H,2-8H2,1H3,(H2,15,16,22)/t9-,10+/m0/s1. The number of nitrogens with one attached hydrogen (secondary N) is 2. The maximum atomic E-state index is 11.6. The van der Waals surface area contributed by atoms with Gasteiger partial charge in [0.05, 0.1) is 0 Å². The Balaban J connectivity index is 1.57. The highest BCUT2D eigenvalue weighted by Crippen LogP contribution is 2.15. The zero-order chi connectivity index (χ0) is 16.1. The maximum absolute atomic E-state index is 11.6. The van der Waals surface area contributed by atoms with E-state index < -0.39 is 17.8 Å². The molecular formula is C14H21N3O4S. The van der Waals surface area contributed by atoms with Crippen LogP contribution in [0.3, 0.4) is 0 Å². The predicted molar refractivity (Wildman–Crippen MR) is 82.4 cm³/mol. The van der Waals surface area contributed by atoms with Crippen molar-refractivity contribution in [2.24, 2.45) is 0 Å². The number of amides is 2. The minimum absolute atomic E-state index is 0.120. The monoisotopic (exact) mass is 327 g/mol. The van der Waals surface area contributed by atoms with E-state index >= 15 is 0 Å². The summed E-state index contributed by atoms with van der Waals surface area (Å²) in [6.07, 6.45) is 3.96. The second-order valence-corrected chi connectivity index (χ2v) is 6.07. The van der Waals surface area contributed by atoms with Gasteiger partial charge in [-0.25, -0.2) is 4.79 Å². The molecule has 2 aliphatic heterocycles. The Morgan fingerprint density at radius 1 is 1.23 bits per heavy atom. The zero-order valence-corrected chi connectivity index (χ0v) is 13.4. The molecule has 0 aromatic rings. The van der Waals surface area contributed by atoms with Crippen LogP contribution in [0.2, 0.25) is 0 Å². The molecule has 0 aliphatic carbocycles. The maximum Gasteiger partial charge on any atom is 0.333 e. The van der Waals surface area contributed by atoms with E-state index in [2.05, 4.69) is 17.6 Å². The molecule has 0 saturated carbocycles. The summed E-state index contributed by atoms with van der Waals surface area (Å²) in [6, 6.07) is 0.656. The fourth-order valence-electron chi connectivity index (χ4n) is 2.58. The van der Waals surface area contributed by atoms with Gasteiger partial charge in [0, 0.05) is 31.3 Å². The molecule has 0 aromatic heterocycles. The first kappa shape index (κ1) is 16.7. The Morgan fingerprint density at radius 2 is 1.91 bits per heavy atom. The van der Waals surface area contributed by atoms with Crippen LogP contribution in [0.1, 0.15) is 51.9 Å². The molecule has 2 rings (SSSR count). The quantitative estimate of drug-likeness (QED) is 0.406. The molecule has 0 radical (unpaired) electrons. The average molecular weight is 327 g/mol. The summed E-state index contributed by atoms with van der Waals surface area (Å²) in [5.41, 5.74) is 0. The number of thiocarbonyl (C=S) groups is 1. The van der Waals surface area contributed by atoms with Crippen molar-refractivity contribution in [2.75, 3.05) is 0 Å². The SMILES string of the molecule is C[C@@H]1NC(=S)N[C@@H]1CCCCCC(=O)ON1C(=O)CCC1=O. The minimum Gasteiger partial charge on any atom is -0.358 e. The number of imide groups is 1. The van der Waals surface area contributed by atoms with Gasteiger partial charge in [-0.15, -0.1) is 5.06 Å². The third-order valence-corrected chi connectivity index (χ3v) is 4.11. The fourth-order valence-corrected chi connectivity index (χ4v) is 2.92. The number of hydrogen-bond acceptors (Lipinski definition) is 5. The van der Waals surface area contributed by atoms with Gasteiger partial charge in [0.1, 0.15) is 0 Å². The van der Waals surface area contributed by atoms with Crippen molar-refractivity contribution in [1.29, 1.82) is 0 Å². The molecular weight excluding hydrogens is 306 g/mol. The highest BCUT2D eigenvalue weighted by molar-refractivity contribution is 7.80. The molecule has 2 atom stereocenters. The minimum atomic E-state index is -0.529. The second-order valence-electron chi connectivity index (χ2n) is 5.66. The van der Waals surface area contributed by atoms with Crippen molar-refractivity contribution in [3.05, 3.63) is 0 Å². The first-order valence-corrected chi connectivity index (χ1v) is 8.02. The van der Waals surface area contributed by atoms with Crippen molar-refractivity contribution >= 4 is 35.1 Å². The number of unbranched alkanes of at least 4 members (excludes halogenated alkanes) is 2. The van der Waals surface area contributed by atoms with Gasteiger partial charge in [-0.2, -0.15) is 0 Å². The van der Waals surface area contributed by atoms with Crippen molar-refractivity contribution in [2.45, 2.75) is 64.0 Å². The lowest BCUT2D eigenvalue weighted by molar-refractivity contribution is -0.197. The summed E-state index contributed by atoms with van der Waals surface area (Å²) in [7, 11) is 0. The molecule has 8 heteroatoms. The van der Waals surface area contributed by atoms with E-state index in [1.165, 1.54) is 0 Å². The van der Waals surface area contributed by atoms with Gasteiger partial charge in [0.2, 0.25) is 0 Å². The molecule has 2 fully saturated rings. The molecule has 2 amide bonds. The van der Waals surface area contributed by atoms with Crippen molar-refractivity contribution in [1.82, 2.24) is 15.7 Å². The normalized spacial score (nSPS) is 24.4. The number of rotatable bonds is 7. The fraction of sp³-hybridized carbons (Fsp3) is 0.714. The lowest BCUT2D eigenvalue weighted by Gasteiger charge is -2.14. The molecule has 0 spiro atoms. The number of hydrogen-bond donors (Lipinski definition) is 2. The summed E-state index contributed by atoms with van der Waals surface area (Å²) in [6.45, 7) is 2.08. The van der Waals surface area contributed by atoms with Crippen molar-refractivity contribution in [3.8, 4) is 0 Å².